The van der Waals surface area contributed by atoms with E-state index in [9.17, 15) is 9.59 Å². The zero-order valence-corrected chi connectivity index (χ0v) is 12.5. The molecular weight excluding hydrogens is 272 g/mol. The molecule has 20 heavy (non-hydrogen) atoms. The van der Waals surface area contributed by atoms with E-state index in [1.807, 2.05) is 37.3 Å². The number of ether oxygens (including phenoxy) is 1. The maximum Gasteiger partial charge on any atom is 0.307 e. The predicted octanol–water partition coefficient (Wildman–Crippen LogP) is 3.94. The molecule has 1 aliphatic rings. The molecule has 0 saturated carbocycles. The van der Waals surface area contributed by atoms with Gasteiger partial charge in [0.2, 0.25) is 0 Å². The Kier molecular flexibility index (Phi) is 4.65. The fourth-order valence-corrected chi connectivity index (χ4v) is 3.44. The summed E-state index contributed by atoms with van der Waals surface area (Å²) in [6.45, 7) is 3.36. The van der Waals surface area contributed by atoms with Crippen LogP contribution in [0.4, 0.5) is 0 Å². The van der Waals surface area contributed by atoms with E-state index in [4.69, 9.17) is 4.74 Å². The van der Waals surface area contributed by atoms with Crippen molar-refractivity contribution in [2.24, 2.45) is 5.41 Å². The number of carbonyl (C=O) groups excluding carboxylic acids is 2. The third-order valence-electron chi connectivity index (χ3n) is 3.33. The van der Waals surface area contributed by atoms with Crippen LogP contribution in [0.15, 0.2) is 45.9 Å². The van der Waals surface area contributed by atoms with Crippen LogP contribution in [0.3, 0.4) is 0 Å². The first-order valence-corrected chi connectivity index (χ1v) is 7.44. The fourth-order valence-electron chi connectivity index (χ4n) is 2.20. The molecule has 0 amide bonds. The quantitative estimate of drug-likeness (QED) is 0.622. The van der Waals surface area contributed by atoms with Crippen LogP contribution in [0, 0.1) is 5.41 Å². The highest BCUT2D eigenvalue weighted by Gasteiger charge is 2.32. The molecule has 4 heteroatoms. The Morgan fingerprint density at radius 2 is 2.05 bits per heavy atom. The topological polar surface area (TPSA) is 43.4 Å². The van der Waals surface area contributed by atoms with Gasteiger partial charge in [-0.25, -0.2) is 0 Å². The number of allylic oxidation sites excluding steroid dienone is 2. The summed E-state index contributed by atoms with van der Waals surface area (Å²) in [7, 11) is 0. The molecule has 1 aliphatic carbocycles. The third-order valence-corrected chi connectivity index (χ3v) is 4.46. The summed E-state index contributed by atoms with van der Waals surface area (Å²) >= 11 is 1.58. The Balaban J connectivity index is 2.26. The number of rotatable bonds is 4. The van der Waals surface area contributed by atoms with Crippen LogP contribution in [0.5, 0.6) is 0 Å². The molecule has 0 saturated heterocycles. The molecule has 1 aromatic carbocycles. The van der Waals surface area contributed by atoms with Crippen molar-refractivity contribution in [1.82, 2.24) is 0 Å². The van der Waals surface area contributed by atoms with Gasteiger partial charge in [-0.3, -0.25) is 4.79 Å². The van der Waals surface area contributed by atoms with E-state index >= 15 is 0 Å². The molecule has 3 nitrogen and oxygen atoms in total. The SMILES string of the molecule is CC(=O)OC1=C(Sc2ccccc2)CC(C)(C=O)CC1. The summed E-state index contributed by atoms with van der Waals surface area (Å²) in [6.07, 6.45) is 2.99. The van der Waals surface area contributed by atoms with Crippen molar-refractivity contribution in [3.05, 3.63) is 41.0 Å². The number of hydrogen-bond donors (Lipinski definition) is 0. The van der Waals surface area contributed by atoms with Crippen molar-refractivity contribution < 1.29 is 14.3 Å². The highest BCUT2D eigenvalue weighted by atomic mass is 32.2. The number of carbonyl (C=O) groups is 2. The van der Waals surface area contributed by atoms with E-state index in [-0.39, 0.29) is 11.4 Å². The van der Waals surface area contributed by atoms with Crippen LogP contribution in [-0.4, -0.2) is 12.3 Å². The molecule has 0 heterocycles. The molecule has 0 aromatic heterocycles. The Bertz CT molecular complexity index is 536. The van der Waals surface area contributed by atoms with E-state index in [1.54, 1.807) is 11.8 Å². The fraction of sp³-hybridized carbons (Fsp3) is 0.375. The second kappa shape index (κ2) is 6.27. The first-order chi connectivity index (χ1) is 9.52. The van der Waals surface area contributed by atoms with Gasteiger partial charge in [0.05, 0.1) is 0 Å². The van der Waals surface area contributed by atoms with Crippen LogP contribution in [0.25, 0.3) is 0 Å². The van der Waals surface area contributed by atoms with Crippen molar-refractivity contribution in [2.45, 2.75) is 38.0 Å². The predicted molar refractivity (Wildman–Crippen MR) is 79.1 cm³/mol. The first-order valence-electron chi connectivity index (χ1n) is 6.62. The van der Waals surface area contributed by atoms with Crippen LogP contribution in [0.1, 0.15) is 33.1 Å². The minimum atomic E-state index is -0.360. The molecule has 106 valence electrons. The smallest absolute Gasteiger partial charge is 0.307 e. The minimum absolute atomic E-state index is 0.305. The summed E-state index contributed by atoms with van der Waals surface area (Å²) in [5.74, 6) is 0.409. The molecule has 1 atom stereocenters. The van der Waals surface area contributed by atoms with Gasteiger partial charge in [-0.05, 0) is 25.0 Å². The maximum absolute atomic E-state index is 11.3. The van der Waals surface area contributed by atoms with Crippen molar-refractivity contribution in [2.75, 3.05) is 0 Å². The summed E-state index contributed by atoms with van der Waals surface area (Å²) < 4.78 is 5.32. The molecule has 0 radical (unpaired) electrons. The molecule has 0 bridgehead atoms. The Morgan fingerprint density at radius 1 is 1.35 bits per heavy atom. The lowest BCUT2D eigenvalue weighted by Gasteiger charge is -2.30. The molecule has 1 unspecified atom stereocenters. The first kappa shape index (κ1) is 14.9. The monoisotopic (exact) mass is 290 g/mol. The van der Waals surface area contributed by atoms with Crippen LogP contribution < -0.4 is 0 Å². The van der Waals surface area contributed by atoms with Crippen LogP contribution in [-0.2, 0) is 14.3 Å². The number of esters is 1. The number of aldehydes is 1. The van der Waals surface area contributed by atoms with E-state index in [0.29, 0.717) is 18.6 Å². The lowest BCUT2D eigenvalue weighted by atomic mass is 9.79. The second-order valence-electron chi connectivity index (χ2n) is 5.30. The lowest BCUT2D eigenvalue weighted by molar-refractivity contribution is -0.137. The van der Waals surface area contributed by atoms with E-state index in [1.165, 1.54) is 6.92 Å². The average Bonchev–Trinajstić information content (AvgIpc) is 2.43. The lowest BCUT2D eigenvalue weighted by Crippen LogP contribution is -2.24. The minimum Gasteiger partial charge on any atom is -0.430 e. The van der Waals surface area contributed by atoms with Crippen molar-refractivity contribution in [3.8, 4) is 0 Å². The summed E-state index contributed by atoms with van der Waals surface area (Å²) in [5, 5.41) is 0. The van der Waals surface area contributed by atoms with Gasteiger partial charge in [0, 0.05) is 28.6 Å². The van der Waals surface area contributed by atoms with Gasteiger partial charge in [-0.15, -0.1) is 0 Å². The van der Waals surface area contributed by atoms with Gasteiger partial charge in [-0.2, -0.15) is 0 Å². The highest BCUT2D eigenvalue weighted by Crippen LogP contribution is 2.44. The van der Waals surface area contributed by atoms with E-state index in [0.717, 1.165) is 22.5 Å². The Morgan fingerprint density at radius 3 is 2.65 bits per heavy atom. The normalized spacial score (nSPS) is 22.5. The number of thioether (sulfide) groups is 1. The summed E-state index contributed by atoms with van der Waals surface area (Å²) in [6, 6.07) is 9.92. The van der Waals surface area contributed by atoms with Crippen LogP contribution >= 0.6 is 11.8 Å². The van der Waals surface area contributed by atoms with E-state index in [2.05, 4.69) is 0 Å². The average molecular weight is 290 g/mol. The summed E-state index contributed by atoms with van der Waals surface area (Å²) in [4.78, 5) is 24.5. The van der Waals surface area contributed by atoms with Crippen LogP contribution in [0.2, 0.25) is 0 Å². The molecule has 1 aromatic rings. The molecular formula is C16H18O3S. The largest absolute Gasteiger partial charge is 0.430 e. The van der Waals surface area contributed by atoms with Crippen molar-refractivity contribution in [3.63, 3.8) is 0 Å². The highest BCUT2D eigenvalue weighted by molar-refractivity contribution is 8.03. The Labute approximate surface area is 123 Å². The number of benzene rings is 1. The molecule has 2 rings (SSSR count). The summed E-state index contributed by atoms with van der Waals surface area (Å²) in [5.41, 5.74) is -0.360. The van der Waals surface area contributed by atoms with E-state index < -0.39 is 0 Å². The zero-order chi connectivity index (χ0) is 14.6. The number of hydrogen-bond acceptors (Lipinski definition) is 4. The van der Waals surface area contributed by atoms with Crippen molar-refractivity contribution >= 4 is 24.0 Å². The molecule has 0 N–H and O–H groups in total. The van der Waals surface area contributed by atoms with Gasteiger partial charge >= 0.3 is 5.97 Å². The van der Waals surface area contributed by atoms with Gasteiger partial charge in [-0.1, -0.05) is 36.9 Å². The standard InChI is InChI=1S/C16H18O3S/c1-12(18)19-14-8-9-16(2,11-17)10-15(14)20-13-6-4-3-5-7-13/h3-7,11H,8-10H2,1-2H3. The molecule has 0 aliphatic heterocycles. The Hall–Kier alpha value is -1.55. The maximum atomic E-state index is 11.3. The third kappa shape index (κ3) is 3.73. The van der Waals surface area contributed by atoms with Gasteiger partial charge in [0.15, 0.2) is 0 Å². The second-order valence-corrected chi connectivity index (χ2v) is 6.47. The van der Waals surface area contributed by atoms with Gasteiger partial charge < -0.3 is 9.53 Å². The zero-order valence-electron chi connectivity index (χ0n) is 11.7. The molecule has 0 spiro atoms. The van der Waals surface area contributed by atoms with Gasteiger partial charge in [0.1, 0.15) is 12.0 Å². The molecule has 0 fully saturated rings. The van der Waals surface area contributed by atoms with Gasteiger partial charge in [0.25, 0.3) is 0 Å². The van der Waals surface area contributed by atoms with Crippen molar-refractivity contribution in [1.29, 1.82) is 0 Å².